The molecule has 1 aromatic carbocycles. The number of carbonyl (C=O) groups is 1. The fourth-order valence-corrected chi connectivity index (χ4v) is 2.70. The van der Waals surface area contributed by atoms with Crippen LogP contribution in [-0.2, 0) is 6.42 Å². The molecular weight excluding hydrogens is 318 g/mol. The maximum absolute atomic E-state index is 12.0. The summed E-state index contributed by atoms with van der Waals surface area (Å²) < 4.78 is 0.534. The Bertz CT molecular complexity index is 595. The summed E-state index contributed by atoms with van der Waals surface area (Å²) in [4.78, 5) is 23.2. The zero-order valence-electron chi connectivity index (χ0n) is 9.13. The summed E-state index contributed by atoms with van der Waals surface area (Å²) in [6.07, 6.45) is 0.269. The third kappa shape index (κ3) is 3.02. The maximum atomic E-state index is 12.0. The molecule has 0 aliphatic carbocycles. The van der Waals surface area contributed by atoms with Crippen LogP contribution in [0, 0.1) is 10.1 Å². The second-order valence-corrected chi connectivity index (χ2v) is 5.58. The van der Waals surface area contributed by atoms with E-state index in [9.17, 15) is 14.9 Å². The molecule has 0 bridgehead atoms. The van der Waals surface area contributed by atoms with E-state index in [1.54, 1.807) is 6.07 Å². The van der Waals surface area contributed by atoms with E-state index in [1.807, 2.05) is 17.5 Å². The molecule has 4 nitrogen and oxygen atoms in total. The summed E-state index contributed by atoms with van der Waals surface area (Å²) in [6, 6.07) is 8.02. The van der Waals surface area contributed by atoms with Gasteiger partial charge in [-0.2, -0.15) is 0 Å². The number of non-ortho nitro benzene ring substituents is 1. The van der Waals surface area contributed by atoms with Crippen LogP contribution in [0.3, 0.4) is 0 Å². The van der Waals surface area contributed by atoms with Crippen molar-refractivity contribution < 1.29 is 9.72 Å². The third-order valence-corrected chi connectivity index (χ3v) is 3.66. The number of hydrogen-bond donors (Lipinski definition) is 0. The number of ketones is 1. The Balaban J connectivity index is 2.27. The van der Waals surface area contributed by atoms with Gasteiger partial charge in [0.1, 0.15) is 0 Å². The Kier molecular flexibility index (Phi) is 3.88. The van der Waals surface area contributed by atoms with Crippen molar-refractivity contribution in [3.05, 3.63) is 60.7 Å². The first-order valence-corrected chi connectivity index (χ1v) is 6.74. The number of nitro groups is 1. The topological polar surface area (TPSA) is 60.2 Å². The molecule has 0 atom stereocenters. The molecule has 0 unspecified atom stereocenters. The molecule has 0 saturated heterocycles. The van der Waals surface area contributed by atoms with Crippen LogP contribution in [0.4, 0.5) is 5.69 Å². The van der Waals surface area contributed by atoms with Gasteiger partial charge in [-0.3, -0.25) is 14.9 Å². The van der Waals surface area contributed by atoms with Gasteiger partial charge in [0.2, 0.25) is 0 Å². The second-order valence-electron chi connectivity index (χ2n) is 3.63. The average Bonchev–Trinajstić information content (AvgIpc) is 2.80. The zero-order chi connectivity index (χ0) is 13.1. The lowest BCUT2D eigenvalue weighted by molar-refractivity contribution is -0.385. The Morgan fingerprint density at radius 1 is 1.39 bits per heavy atom. The Morgan fingerprint density at radius 3 is 2.78 bits per heavy atom. The van der Waals surface area contributed by atoms with Gasteiger partial charge in [-0.25, -0.2) is 0 Å². The molecule has 0 N–H and O–H groups in total. The van der Waals surface area contributed by atoms with Crippen LogP contribution in [0.1, 0.15) is 15.2 Å². The summed E-state index contributed by atoms with van der Waals surface area (Å²) in [5.74, 6) is -0.123. The van der Waals surface area contributed by atoms with Gasteiger partial charge in [-0.1, -0.05) is 22.0 Å². The first kappa shape index (κ1) is 12.9. The van der Waals surface area contributed by atoms with Crippen molar-refractivity contribution in [3.63, 3.8) is 0 Å². The molecule has 1 heterocycles. The minimum atomic E-state index is -0.507. The molecule has 0 fully saturated rings. The number of rotatable bonds is 4. The normalized spacial score (nSPS) is 10.3. The van der Waals surface area contributed by atoms with E-state index in [4.69, 9.17) is 0 Å². The van der Waals surface area contributed by atoms with Crippen LogP contribution >= 0.6 is 27.3 Å². The maximum Gasteiger partial charge on any atom is 0.271 e. The highest BCUT2D eigenvalue weighted by atomic mass is 79.9. The smallest absolute Gasteiger partial charge is 0.271 e. The second kappa shape index (κ2) is 5.41. The average molecular weight is 326 g/mol. The van der Waals surface area contributed by atoms with Gasteiger partial charge < -0.3 is 0 Å². The van der Waals surface area contributed by atoms with Gasteiger partial charge >= 0.3 is 0 Å². The van der Waals surface area contributed by atoms with E-state index >= 15 is 0 Å². The van der Waals surface area contributed by atoms with E-state index in [1.165, 1.54) is 23.5 Å². The highest BCUT2D eigenvalue weighted by Gasteiger charge is 2.14. The van der Waals surface area contributed by atoms with Crippen molar-refractivity contribution in [2.24, 2.45) is 0 Å². The summed E-state index contributed by atoms with van der Waals surface area (Å²) in [5.41, 5.74) is 0.267. The predicted octanol–water partition coefficient (Wildman–Crippen LogP) is 3.84. The number of benzene rings is 1. The fraction of sp³-hybridized carbons (Fsp3) is 0.0833. The molecular formula is C12H8BrNO3S. The van der Waals surface area contributed by atoms with Gasteiger partial charge in [-0.15, -0.1) is 11.3 Å². The molecule has 18 heavy (non-hydrogen) atoms. The quantitative estimate of drug-likeness (QED) is 0.487. The first-order chi connectivity index (χ1) is 8.56. The summed E-state index contributed by atoms with van der Waals surface area (Å²) in [5, 5.41) is 12.6. The van der Waals surface area contributed by atoms with Crippen LogP contribution in [-0.4, -0.2) is 10.7 Å². The molecule has 0 spiro atoms. The lowest BCUT2D eigenvalue weighted by Crippen LogP contribution is -2.03. The summed E-state index contributed by atoms with van der Waals surface area (Å²) >= 11 is 4.67. The van der Waals surface area contributed by atoms with Crippen LogP contribution in [0.2, 0.25) is 0 Å². The monoisotopic (exact) mass is 325 g/mol. The van der Waals surface area contributed by atoms with Crippen molar-refractivity contribution in [2.45, 2.75) is 6.42 Å². The third-order valence-electron chi connectivity index (χ3n) is 2.33. The molecule has 6 heteroatoms. The van der Waals surface area contributed by atoms with Crippen LogP contribution in [0.25, 0.3) is 0 Å². The molecule has 0 aliphatic heterocycles. The summed E-state index contributed by atoms with van der Waals surface area (Å²) in [6.45, 7) is 0. The van der Waals surface area contributed by atoms with Gasteiger partial charge in [0.25, 0.3) is 5.69 Å². The molecule has 0 amide bonds. The molecule has 2 rings (SSSR count). The van der Waals surface area contributed by atoms with Crippen molar-refractivity contribution in [1.29, 1.82) is 0 Å². The molecule has 1 aromatic heterocycles. The number of nitrogens with zero attached hydrogens (tertiary/aromatic N) is 1. The molecule has 0 aliphatic rings. The molecule has 92 valence electrons. The van der Waals surface area contributed by atoms with Gasteiger partial charge in [-0.05, 0) is 17.5 Å². The van der Waals surface area contributed by atoms with Crippen LogP contribution in [0.5, 0.6) is 0 Å². The number of carbonyl (C=O) groups excluding carboxylic acids is 1. The Labute approximate surface area is 116 Å². The first-order valence-electron chi connectivity index (χ1n) is 5.07. The fourth-order valence-electron chi connectivity index (χ4n) is 1.51. The van der Waals surface area contributed by atoms with E-state index in [2.05, 4.69) is 15.9 Å². The molecule has 0 radical (unpaired) electrons. The minimum absolute atomic E-state index is 0.0843. The van der Waals surface area contributed by atoms with E-state index in [-0.39, 0.29) is 17.9 Å². The van der Waals surface area contributed by atoms with Crippen molar-refractivity contribution in [3.8, 4) is 0 Å². The zero-order valence-corrected chi connectivity index (χ0v) is 11.5. The van der Waals surface area contributed by atoms with E-state index < -0.39 is 4.92 Å². The van der Waals surface area contributed by atoms with Crippen molar-refractivity contribution in [1.82, 2.24) is 0 Å². The highest BCUT2D eigenvalue weighted by molar-refractivity contribution is 9.10. The summed E-state index contributed by atoms with van der Waals surface area (Å²) in [7, 11) is 0. The Hall–Kier alpha value is -1.53. The van der Waals surface area contributed by atoms with Crippen LogP contribution < -0.4 is 0 Å². The van der Waals surface area contributed by atoms with Gasteiger partial charge in [0, 0.05) is 33.5 Å². The van der Waals surface area contributed by atoms with Crippen LogP contribution in [0.15, 0.2) is 40.2 Å². The largest absolute Gasteiger partial charge is 0.294 e. The minimum Gasteiger partial charge on any atom is -0.294 e. The lowest BCUT2D eigenvalue weighted by Gasteiger charge is -2.01. The standard InChI is InChI=1S/C12H8BrNO3S/c13-9-4-8(5-10(6-9)14(16)17)12(15)7-11-2-1-3-18-11/h1-6H,7H2. The number of nitro benzene ring substituents is 1. The van der Waals surface area contributed by atoms with Crippen molar-refractivity contribution in [2.75, 3.05) is 0 Å². The lowest BCUT2D eigenvalue weighted by atomic mass is 10.1. The van der Waals surface area contributed by atoms with Crippen molar-refractivity contribution >= 4 is 38.7 Å². The van der Waals surface area contributed by atoms with E-state index in [0.29, 0.717) is 10.0 Å². The molecule has 0 saturated carbocycles. The highest BCUT2D eigenvalue weighted by Crippen LogP contribution is 2.23. The number of hydrogen-bond acceptors (Lipinski definition) is 4. The number of halogens is 1. The van der Waals surface area contributed by atoms with Gasteiger partial charge in [0.05, 0.1) is 4.92 Å². The number of thiophene rings is 1. The SMILES string of the molecule is O=C(Cc1cccs1)c1cc(Br)cc([N+](=O)[O-])c1. The molecule has 2 aromatic rings. The van der Waals surface area contributed by atoms with E-state index in [0.717, 1.165) is 4.88 Å². The predicted molar refractivity (Wildman–Crippen MR) is 73.1 cm³/mol. The van der Waals surface area contributed by atoms with Gasteiger partial charge in [0.15, 0.2) is 5.78 Å². The Morgan fingerprint density at radius 2 is 2.17 bits per heavy atom. The number of Topliss-reactive ketones (excluding diaryl/α,β-unsaturated/α-hetero) is 1.